The number of carbonyl (C=O) groups excluding carboxylic acids is 1. The number of rotatable bonds is 3. The highest BCUT2D eigenvalue weighted by Crippen LogP contribution is 2.10. The van der Waals surface area contributed by atoms with Gasteiger partial charge in [-0.25, -0.2) is 0 Å². The number of nitrogens with one attached hydrogen (secondary N) is 1. The second kappa shape index (κ2) is 5.77. The number of nitrogens with zero attached hydrogens (tertiary/aromatic N) is 1. The molecule has 0 fully saturated rings. The van der Waals surface area contributed by atoms with E-state index in [9.17, 15) is 4.79 Å². The van der Waals surface area contributed by atoms with Crippen LogP contribution in [0.1, 0.15) is 21.6 Å². The van der Waals surface area contributed by atoms with Crippen molar-refractivity contribution in [3.63, 3.8) is 0 Å². The Balaban J connectivity index is 2.29. The van der Waals surface area contributed by atoms with Crippen LogP contribution >= 0.6 is 0 Å². The van der Waals surface area contributed by atoms with E-state index >= 15 is 0 Å². The van der Waals surface area contributed by atoms with Gasteiger partial charge in [-0.15, -0.1) is 0 Å². The van der Waals surface area contributed by atoms with E-state index in [1.54, 1.807) is 25.4 Å². The summed E-state index contributed by atoms with van der Waals surface area (Å²) in [6.45, 7) is 0. The zero-order valence-electron chi connectivity index (χ0n) is 10.1. The smallest absolute Gasteiger partial charge is 0.253 e. The van der Waals surface area contributed by atoms with E-state index in [2.05, 4.69) is 10.3 Å². The van der Waals surface area contributed by atoms with Gasteiger partial charge in [-0.2, -0.15) is 0 Å². The molecule has 0 spiro atoms. The molecule has 0 aliphatic heterocycles. The van der Waals surface area contributed by atoms with E-state index < -0.39 is 0 Å². The summed E-state index contributed by atoms with van der Waals surface area (Å²) in [4.78, 5) is 15.9. The van der Waals surface area contributed by atoms with Crippen molar-refractivity contribution in [2.75, 3.05) is 7.05 Å². The molecule has 0 saturated carbocycles. The van der Waals surface area contributed by atoms with Crippen molar-refractivity contribution in [2.24, 2.45) is 0 Å². The fraction of sp³-hybridized carbons (Fsp3) is 0.0667. The Morgan fingerprint density at radius 2 is 1.89 bits per heavy atom. The topological polar surface area (TPSA) is 42.0 Å². The number of hydrogen-bond donors (Lipinski definition) is 1. The van der Waals surface area contributed by atoms with Crippen LogP contribution in [0.15, 0.2) is 48.7 Å². The molecule has 0 aliphatic rings. The van der Waals surface area contributed by atoms with Crippen LogP contribution in [-0.2, 0) is 0 Å². The van der Waals surface area contributed by atoms with Gasteiger partial charge in [0, 0.05) is 13.2 Å². The van der Waals surface area contributed by atoms with Gasteiger partial charge in [0.05, 0.1) is 11.3 Å². The summed E-state index contributed by atoms with van der Waals surface area (Å²) < 4.78 is 0. The van der Waals surface area contributed by atoms with Crippen molar-refractivity contribution in [1.82, 2.24) is 10.3 Å². The number of carbonyl (C=O) groups is 1. The molecule has 0 atom stereocenters. The number of benzene rings is 1. The van der Waals surface area contributed by atoms with Crippen molar-refractivity contribution in [1.29, 1.82) is 0 Å². The first kappa shape index (κ1) is 12.0. The number of pyridine rings is 1. The van der Waals surface area contributed by atoms with E-state index in [0.717, 1.165) is 5.56 Å². The first-order valence-corrected chi connectivity index (χ1v) is 5.71. The Kier molecular flexibility index (Phi) is 3.86. The monoisotopic (exact) mass is 238 g/mol. The summed E-state index contributed by atoms with van der Waals surface area (Å²) in [5.74, 6) is -0.129. The second-order valence-electron chi connectivity index (χ2n) is 3.76. The summed E-state index contributed by atoms with van der Waals surface area (Å²) in [6, 6.07) is 13.4. The van der Waals surface area contributed by atoms with E-state index in [0.29, 0.717) is 11.3 Å². The Bertz CT molecular complexity index is 562. The number of hydrogen-bond acceptors (Lipinski definition) is 2. The lowest BCUT2D eigenvalue weighted by molar-refractivity contribution is 0.0962. The standard InChI is InChI=1S/C15H14N2O/c1-16-15(18)13-8-5-11-17-14(13)10-9-12-6-3-2-4-7-12/h2-11H,1H3,(H,16,18)/b10-9+. The van der Waals surface area contributed by atoms with Crippen molar-refractivity contribution >= 4 is 18.1 Å². The number of amides is 1. The third-order valence-corrected chi connectivity index (χ3v) is 2.54. The minimum Gasteiger partial charge on any atom is -0.355 e. The van der Waals surface area contributed by atoms with Gasteiger partial charge in [-0.3, -0.25) is 9.78 Å². The molecular weight excluding hydrogens is 224 g/mol. The molecule has 0 aliphatic carbocycles. The molecule has 18 heavy (non-hydrogen) atoms. The molecule has 0 unspecified atom stereocenters. The number of aromatic nitrogens is 1. The molecule has 90 valence electrons. The molecule has 1 amide bonds. The summed E-state index contributed by atoms with van der Waals surface area (Å²) >= 11 is 0. The van der Waals surface area contributed by atoms with Gasteiger partial charge in [-0.05, 0) is 23.8 Å². The Morgan fingerprint density at radius 1 is 1.11 bits per heavy atom. The van der Waals surface area contributed by atoms with Gasteiger partial charge in [0.1, 0.15) is 0 Å². The maximum absolute atomic E-state index is 11.7. The first-order valence-electron chi connectivity index (χ1n) is 5.71. The quantitative estimate of drug-likeness (QED) is 0.893. The zero-order chi connectivity index (χ0) is 12.8. The van der Waals surface area contributed by atoms with E-state index in [1.165, 1.54) is 0 Å². The zero-order valence-corrected chi connectivity index (χ0v) is 10.1. The lowest BCUT2D eigenvalue weighted by Gasteiger charge is -2.02. The maximum atomic E-state index is 11.7. The van der Waals surface area contributed by atoms with Gasteiger partial charge in [-0.1, -0.05) is 36.4 Å². The average molecular weight is 238 g/mol. The van der Waals surface area contributed by atoms with E-state index in [-0.39, 0.29) is 5.91 Å². The predicted molar refractivity (Wildman–Crippen MR) is 73.0 cm³/mol. The molecular formula is C15H14N2O. The normalized spacial score (nSPS) is 10.5. The van der Waals surface area contributed by atoms with Crippen LogP contribution in [0.25, 0.3) is 12.2 Å². The Morgan fingerprint density at radius 3 is 2.61 bits per heavy atom. The van der Waals surface area contributed by atoms with Gasteiger partial charge in [0.15, 0.2) is 0 Å². The lowest BCUT2D eigenvalue weighted by Crippen LogP contribution is -2.19. The molecule has 3 nitrogen and oxygen atoms in total. The third-order valence-electron chi connectivity index (χ3n) is 2.54. The van der Waals surface area contributed by atoms with Gasteiger partial charge in [0.2, 0.25) is 0 Å². The molecule has 3 heteroatoms. The maximum Gasteiger partial charge on any atom is 0.253 e. The summed E-state index contributed by atoms with van der Waals surface area (Å²) in [6.07, 6.45) is 5.46. The SMILES string of the molecule is CNC(=O)c1cccnc1/C=C/c1ccccc1. The summed E-state index contributed by atoms with van der Waals surface area (Å²) in [5.41, 5.74) is 2.32. The van der Waals surface area contributed by atoms with Gasteiger partial charge < -0.3 is 5.32 Å². The minimum absolute atomic E-state index is 0.129. The average Bonchev–Trinajstić information content (AvgIpc) is 2.45. The van der Waals surface area contributed by atoms with Crippen LogP contribution in [0.4, 0.5) is 0 Å². The van der Waals surface area contributed by atoms with Crippen LogP contribution in [0.2, 0.25) is 0 Å². The second-order valence-corrected chi connectivity index (χ2v) is 3.76. The molecule has 1 aromatic heterocycles. The predicted octanol–water partition coefficient (Wildman–Crippen LogP) is 2.61. The molecule has 1 heterocycles. The molecule has 2 aromatic rings. The highest BCUT2D eigenvalue weighted by atomic mass is 16.1. The third kappa shape index (κ3) is 2.83. The van der Waals surface area contributed by atoms with Crippen LogP contribution in [-0.4, -0.2) is 17.9 Å². The van der Waals surface area contributed by atoms with Crippen LogP contribution in [0, 0.1) is 0 Å². The van der Waals surface area contributed by atoms with E-state index in [4.69, 9.17) is 0 Å². The molecule has 1 N–H and O–H groups in total. The van der Waals surface area contributed by atoms with Crippen molar-refractivity contribution in [3.05, 3.63) is 65.5 Å². The highest BCUT2D eigenvalue weighted by molar-refractivity contribution is 5.97. The van der Waals surface area contributed by atoms with E-state index in [1.807, 2.05) is 42.5 Å². The minimum atomic E-state index is -0.129. The first-order chi connectivity index (χ1) is 8.81. The molecule has 2 rings (SSSR count). The summed E-state index contributed by atoms with van der Waals surface area (Å²) in [7, 11) is 1.61. The molecule has 0 saturated heterocycles. The van der Waals surface area contributed by atoms with Crippen molar-refractivity contribution in [2.45, 2.75) is 0 Å². The molecule has 0 radical (unpaired) electrons. The van der Waals surface area contributed by atoms with Crippen LogP contribution in [0.3, 0.4) is 0 Å². The van der Waals surface area contributed by atoms with Crippen molar-refractivity contribution in [3.8, 4) is 0 Å². The summed E-state index contributed by atoms with van der Waals surface area (Å²) in [5, 5.41) is 2.61. The Hall–Kier alpha value is -2.42. The van der Waals surface area contributed by atoms with Crippen LogP contribution in [0.5, 0.6) is 0 Å². The Labute approximate surface area is 106 Å². The molecule has 1 aromatic carbocycles. The molecule has 0 bridgehead atoms. The lowest BCUT2D eigenvalue weighted by atomic mass is 10.1. The van der Waals surface area contributed by atoms with Gasteiger partial charge in [0.25, 0.3) is 5.91 Å². The fourth-order valence-corrected chi connectivity index (χ4v) is 1.62. The fourth-order valence-electron chi connectivity index (χ4n) is 1.62. The largest absolute Gasteiger partial charge is 0.355 e. The van der Waals surface area contributed by atoms with Crippen LogP contribution < -0.4 is 5.32 Å². The van der Waals surface area contributed by atoms with Crippen molar-refractivity contribution < 1.29 is 4.79 Å². The highest BCUT2D eigenvalue weighted by Gasteiger charge is 2.07. The van der Waals surface area contributed by atoms with Gasteiger partial charge >= 0.3 is 0 Å².